The summed E-state index contributed by atoms with van der Waals surface area (Å²) < 4.78 is 13.0. The predicted octanol–water partition coefficient (Wildman–Crippen LogP) is 3.92. The fraction of sp³-hybridized carbons (Fsp3) is 0.357. The van der Waals surface area contributed by atoms with Crippen LogP contribution in [0.1, 0.15) is 32.1 Å². The molecule has 2 unspecified atom stereocenters. The normalized spacial score (nSPS) is 14.4. The molecule has 1 aromatic heterocycles. The SMILES string of the molecule is CCC(C)C(N)c1ncc(-c2ccc(F)cc2Cl)[nH]1. The van der Waals surface area contributed by atoms with Gasteiger partial charge in [-0.3, -0.25) is 0 Å². The van der Waals surface area contributed by atoms with E-state index in [0.29, 0.717) is 10.9 Å². The Hall–Kier alpha value is -1.39. The summed E-state index contributed by atoms with van der Waals surface area (Å²) in [6, 6.07) is 4.14. The number of hydrogen-bond acceptors (Lipinski definition) is 2. The van der Waals surface area contributed by atoms with Gasteiger partial charge < -0.3 is 10.7 Å². The van der Waals surface area contributed by atoms with E-state index >= 15 is 0 Å². The fourth-order valence-corrected chi connectivity index (χ4v) is 2.14. The Morgan fingerprint density at radius 1 is 1.47 bits per heavy atom. The lowest BCUT2D eigenvalue weighted by atomic mass is 10.00. The van der Waals surface area contributed by atoms with Crippen molar-refractivity contribution >= 4 is 11.6 Å². The topological polar surface area (TPSA) is 54.7 Å². The van der Waals surface area contributed by atoms with Gasteiger partial charge in [-0.25, -0.2) is 9.37 Å². The third-order valence-electron chi connectivity index (χ3n) is 3.39. The monoisotopic (exact) mass is 281 g/mol. The predicted molar refractivity (Wildman–Crippen MR) is 75.4 cm³/mol. The van der Waals surface area contributed by atoms with Gasteiger partial charge in [0.15, 0.2) is 0 Å². The van der Waals surface area contributed by atoms with Gasteiger partial charge in [0.2, 0.25) is 0 Å². The first-order valence-electron chi connectivity index (χ1n) is 6.28. The minimum atomic E-state index is -0.357. The van der Waals surface area contributed by atoms with Crippen molar-refractivity contribution in [1.29, 1.82) is 0 Å². The van der Waals surface area contributed by atoms with Crippen molar-refractivity contribution in [2.45, 2.75) is 26.3 Å². The highest BCUT2D eigenvalue weighted by atomic mass is 35.5. The highest BCUT2D eigenvalue weighted by Gasteiger charge is 2.17. The first-order valence-corrected chi connectivity index (χ1v) is 6.66. The highest BCUT2D eigenvalue weighted by molar-refractivity contribution is 6.33. The Balaban J connectivity index is 2.30. The third-order valence-corrected chi connectivity index (χ3v) is 3.70. The van der Waals surface area contributed by atoms with E-state index in [2.05, 4.69) is 23.8 Å². The highest BCUT2D eigenvalue weighted by Crippen LogP contribution is 2.28. The summed E-state index contributed by atoms with van der Waals surface area (Å²) in [6.45, 7) is 4.17. The van der Waals surface area contributed by atoms with Gasteiger partial charge in [0.1, 0.15) is 11.6 Å². The van der Waals surface area contributed by atoms with E-state index in [-0.39, 0.29) is 11.9 Å². The van der Waals surface area contributed by atoms with Gasteiger partial charge in [-0.15, -0.1) is 0 Å². The van der Waals surface area contributed by atoms with Gasteiger partial charge in [-0.1, -0.05) is 31.9 Å². The molecule has 2 rings (SSSR count). The summed E-state index contributed by atoms with van der Waals surface area (Å²) in [5.41, 5.74) is 7.59. The minimum absolute atomic E-state index is 0.141. The lowest BCUT2D eigenvalue weighted by Crippen LogP contribution is -2.19. The lowest BCUT2D eigenvalue weighted by Gasteiger charge is -2.15. The first kappa shape index (κ1) is 14.0. The van der Waals surface area contributed by atoms with Crippen molar-refractivity contribution in [3.8, 4) is 11.3 Å². The molecule has 0 aliphatic heterocycles. The van der Waals surface area contributed by atoms with E-state index in [1.54, 1.807) is 12.3 Å². The van der Waals surface area contributed by atoms with Crippen LogP contribution >= 0.6 is 11.6 Å². The van der Waals surface area contributed by atoms with Crippen LogP contribution in [0.3, 0.4) is 0 Å². The zero-order chi connectivity index (χ0) is 14.0. The van der Waals surface area contributed by atoms with Crippen molar-refractivity contribution in [2.24, 2.45) is 11.7 Å². The van der Waals surface area contributed by atoms with Crippen LogP contribution in [0.4, 0.5) is 4.39 Å². The standard InChI is InChI=1S/C14H17ClFN3/c1-3-8(2)13(17)14-18-7-12(19-14)10-5-4-9(16)6-11(10)15/h4-8,13H,3,17H2,1-2H3,(H,18,19). The number of aromatic nitrogens is 2. The molecule has 0 saturated heterocycles. The van der Waals surface area contributed by atoms with Crippen molar-refractivity contribution in [3.63, 3.8) is 0 Å². The molecule has 0 saturated carbocycles. The fourth-order valence-electron chi connectivity index (χ4n) is 1.87. The molecule has 0 radical (unpaired) electrons. The molecule has 5 heteroatoms. The van der Waals surface area contributed by atoms with Crippen molar-refractivity contribution in [3.05, 3.63) is 41.1 Å². The number of benzene rings is 1. The molecule has 2 aromatic rings. The Labute approximate surface area is 117 Å². The van der Waals surface area contributed by atoms with Crippen molar-refractivity contribution < 1.29 is 4.39 Å². The number of rotatable bonds is 4. The summed E-state index contributed by atoms with van der Waals surface area (Å²) in [5, 5.41) is 0.354. The molecule has 3 N–H and O–H groups in total. The minimum Gasteiger partial charge on any atom is -0.341 e. The number of H-pyrrole nitrogens is 1. The van der Waals surface area contributed by atoms with Crippen LogP contribution < -0.4 is 5.73 Å². The van der Waals surface area contributed by atoms with Crippen LogP contribution in [-0.2, 0) is 0 Å². The maximum Gasteiger partial charge on any atom is 0.124 e. The van der Waals surface area contributed by atoms with Crippen molar-refractivity contribution in [2.75, 3.05) is 0 Å². The van der Waals surface area contributed by atoms with Crippen molar-refractivity contribution in [1.82, 2.24) is 9.97 Å². The number of hydrogen-bond donors (Lipinski definition) is 2. The van der Waals surface area contributed by atoms with Gasteiger partial charge in [0.05, 0.1) is 23.0 Å². The zero-order valence-corrected chi connectivity index (χ0v) is 11.7. The van der Waals surface area contributed by atoms with Crippen LogP contribution in [0.5, 0.6) is 0 Å². The molecule has 0 bridgehead atoms. The van der Waals surface area contributed by atoms with Crippen LogP contribution in [0, 0.1) is 11.7 Å². The molecule has 1 aromatic carbocycles. The summed E-state index contributed by atoms with van der Waals surface area (Å²) in [7, 11) is 0. The molecule has 19 heavy (non-hydrogen) atoms. The number of nitrogens with one attached hydrogen (secondary N) is 1. The number of halogens is 2. The molecule has 1 heterocycles. The molecule has 0 aliphatic carbocycles. The molecule has 2 atom stereocenters. The second-order valence-electron chi connectivity index (χ2n) is 4.72. The van der Waals surface area contributed by atoms with Crippen LogP contribution in [-0.4, -0.2) is 9.97 Å². The van der Waals surface area contributed by atoms with Gasteiger partial charge in [0, 0.05) is 5.56 Å². The van der Waals surface area contributed by atoms with E-state index in [1.807, 2.05) is 0 Å². The summed E-state index contributed by atoms with van der Waals surface area (Å²) >= 11 is 6.02. The van der Waals surface area contributed by atoms with Gasteiger partial charge >= 0.3 is 0 Å². The van der Waals surface area contributed by atoms with Crippen LogP contribution in [0.25, 0.3) is 11.3 Å². The maximum atomic E-state index is 13.0. The summed E-state index contributed by atoms with van der Waals surface area (Å²) in [6.07, 6.45) is 2.66. The van der Waals surface area contributed by atoms with E-state index in [1.165, 1.54) is 12.1 Å². The lowest BCUT2D eigenvalue weighted by molar-refractivity contribution is 0.441. The molecule has 0 amide bonds. The smallest absolute Gasteiger partial charge is 0.124 e. The number of nitrogens with two attached hydrogens (primary N) is 1. The molecule has 3 nitrogen and oxygen atoms in total. The second-order valence-corrected chi connectivity index (χ2v) is 5.12. The molecule has 0 fully saturated rings. The first-order chi connectivity index (χ1) is 9.02. The average molecular weight is 282 g/mol. The second kappa shape index (κ2) is 5.72. The largest absolute Gasteiger partial charge is 0.341 e. The Morgan fingerprint density at radius 3 is 2.84 bits per heavy atom. The van der Waals surface area contributed by atoms with Crippen LogP contribution in [0.15, 0.2) is 24.4 Å². The Bertz CT molecular complexity index is 568. The number of imidazole rings is 1. The molecule has 102 valence electrons. The summed E-state index contributed by atoms with van der Waals surface area (Å²) in [5.74, 6) is 0.706. The third kappa shape index (κ3) is 2.96. The Kier molecular flexibility index (Phi) is 4.22. The average Bonchev–Trinajstić information content (AvgIpc) is 2.86. The number of aromatic amines is 1. The summed E-state index contributed by atoms with van der Waals surface area (Å²) in [4.78, 5) is 7.45. The van der Waals surface area contributed by atoms with E-state index in [4.69, 9.17) is 17.3 Å². The van der Waals surface area contributed by atoms with E-state index in [0.717, 1.165) is 23.5 Å². The van der Waals surface area contributed by atoms with Gasteiger partial charge in [0.25, 0.3) is 0 Å². The number of nitrogens with zero attached hydrogens (tertiary/aromatic N) is 1. The van der Waals surface area contributed by atoms with Gasteiger partial charge in [-0.2, -0.15) is 0 Å². The zero-order valence-electron chi connectivity index (χ0n) is 11.0. The maximum absolute atomic E-state index is 13.0. The molecular formula is C14H17ClFN3. The molecule has 0 aliphatic rings. The Morgan fingerprint density at radius 2 is 2.21 bits per heavy atom. The van der Waals surface area contributed by atoms with E-state index < -0.39 is 0 Å². The molecular weight excluding hydrogens is 265 g/mol. The van der Waals surface area contributed by atoms with Gasteiger partial charge in [-0.05, 0) is 24.1 Å². The van der Waals surface area contributed by atoms with E-state index in [9.17, 15) is 4.39 Å². The van der Waals surface area contributed by atoms with Crippen LogP contribution in [0.2, 0.25) is 5.02 Å². The quantitative estimate of drug-likeness (QED) is 0.892. The molecule has 0 spiro atoms.